The summed E-state index contributed by atoms with van der Waals surface area (Å²) in [5, 5.41) is 4.25. The highest BCUT2D eigenvalue weighted by molar-refractivity contribution is 6.31. The van der Waals surface area contributed by atoms with Crippen LogP contribution in [0.25, 0.3) is 11.4 Å². The number of aromatic nitrogens is 4. The van der Waals surface area contributed by atoms with Crippen molar-refractivity contribution < 1.29 is 4.79 Å². The fraction of sp³-hybridized carbons (Fsp3) is 0.318. The molecule has 0 bridgehead atoms. The summed E-state index contributed by atoms with van der Waals surface area (Å²) in [4.78, 5) is 32.6. The van der Waals surface area contributed by atoms with E-state index in [9.17, 15) is 4.79 Å². The third-order valence-corrected chi connectivity index (χ3v) is 5.92. The van der Waals surface area contributed by atoms with Gasteiger partial charge in [0.25, 0.3) is 5.91 Å². The lowest BCUT2D eigenvalue weighted by Gasteiger charge is -2.40. The molecule has 1 aliphatic heterocycles. The highest BCUT2D eigenvalue weighted by atomic mass is 35.5. The Bertz CT molecular complexity index is 1050. The number of carbonyl (C=O) groups is 1. The fourth-order valence-corrected chi connectivity index (χ4v) is 4.16. The number of benzene rings is 1. The number of likely N-dealkylation sites (tertiary alicyclic amines) is 1. The summed E-state index contributed by atoms with van der Waals surface area (Å²) >= 11 is 12.1. The molecule has 1 saturated heterocycles. The molecule has 3 heterocycles. The fourth-order valence-electron chi connectivity index (χ4n) is 3.89. The molecule has 160 valence electrons. The summed E-state index contributed by atoms with van der Waals surface area (Å²) in [6.45, 7) is 3.38. The first-order valence-corrected chi connectivity index (χ1v) is 10.9. The molecule has 0 spiro atoms. The number of hydrogen-bond acceptors (Lipinski definition) is 6. The van der Waals surface area contributed by atoms with E-state index < -0.39 is 0 Å². The number of nitrogens with zero attached hydrogens (tertiary/aromatic N) is 5. The van der Waals surface area contributed by atoms with Crippen molar-refractivity contribution >= 4 is 35.1 Å². The summed E-state index contributed by atoms with van der Waals surface area (Å²) in [6, 6.07) is 6.95. The van der Waals surface area contributed by atoms with Gasteiger partial charge in [-0.1, -0.05) is 30.1 Å². The Hall–Kier alpha value is -2.77. The lowest BCUT2D eigenvalue weighted by molar-refractivity contribution is 0.0540. The van der Waals surface area contributed by atoms with E-state index in [1.165, 1.54) is 0 Å². The van der Waals surface area contributed by atoms with E-state index in [4.69, 9.17) is 23.2 Å². The van der Waals surface area contributed by atoms with Gasteiger partial charge in [0.2, 0.25) is 5.95 Å². The predicted molar refractivity (Wildman–Crippen MR) is 121 cm³/mol. The average molecular weight is 457 g/mol. The minimum Gasteiger partial charge on any atom is -0.352 e. The van der Waals surface area contributed by atoms with Crippen LogP contribution in [-0.2, 0) is 0 Å². The number of rotatable bonds is 5. The second-order valence-corrected chi connectivity index (χ2v) is 8.43. The van der Waals surface area contributed by atoms with Crippen molar-refractivity contribution in [2.24, 2.45) is 5.92 Å². The third-order valence-electron chi connectivity index (χ3n) is 5.48. The van der Waals surface area contributed by atoms with Crippen LogP contribution in [0.1, 0.15) is 30.1 Å². The Morgan fingerprint density at radius 3 is 2.61 bits per heavy atom. The number of halogens is 2. The topological polar surface area (TPSA) is 83.9 Å². The molecule has 7 nitrogen and oxygen atoms in total. The number of anilines is 1. The van der Waals surface area contributed by atoms with Crippen molar-refractivity contribution in [2.45, 2.75) is 25.8 Å². The van der Waals surface area contributed by atoms with Gasteiger partial charge in [0.1, 0.15) is 0 Å². The standard InChI is InChI=1S/C22H22Cl2N6O/c1-14-4-2-9-30(19(14)13-29-22-27-11-16(24)12-28-22)21(31)17-6-5-15(23)10-18(17)20-25-7-3-8-26-20/h3,5-8,10-12,14,19H,2,4,9,13H2,1H3,(H,27,28,29)/t14-,19-/m1/s1. The molecule has 0 radical (unpaired) electrons. The SMILES string of the molecule is C[C@@H]1CCCN(C(=O)c2ccc(Cl)cc2-c2ncccn2)[C@@H]1CNc1ncc(Cl)cn1. The molecular weight excluding hydrogens is 435 g/mol. The van der Waals surface area contributed by atoms with Gasteiger partial charge in [-0.2, -0.15) is 0 Å². The van der Waals surface area contributed by atoms with E-state index >= 15 is 0 Å². The smallest absolute Gasteiger partial charge is 0.254 e. The maximum atomic E-state index is 13.7. The van der Waals surface area contributed by atoms with Gasteiger partial charge in [-0.05, 0) is 43.0 Å². The van der Waals surface area contributed by atoms with Gasteiger partial charge in [0, 0.05) is 36.1 Å². The van der Waals surface area contributed by atoms with Crippen LogP contribution in [0.5, 0.6) is 0 Å². The second-order valence-electron chi connectivity index (χ2n) is 7.55. The Balaban J connectivity index is 1.61. The van der Waals surface area contributed by atoms with Crippen molar-refractivity contribution in [1.29, 1.82) is 0 Å². The van der Waals surface area contributed by atoms with Crippen LogP contribution in [0.3, 0.4) is 0 Å². The van der Waals surface area contributed by atoms with E-state index in [1.54, 1.807) is 49.1 Å². The predicted octanol–water partition coefficient (Wildman–Crippen LogP) is 4.59. The summed E-state index contributed by atoms with van der Waals surface area (Å²) in [5.41, 5.74) is 1.17. The van der Waals surface area contributed by atoms with Crippen LogP contribution in [0.2, 0.25) is 10.0 Å². The molecule has 0 aliphatic carbocycles. The number of amides is 1. The summed E-state index contributed by atoms with van der Waals surface area (Å²) in [6.07, 6.45) is 8.39. The summed E-state index contributed by atoms with van der Waals surface area (Å²) < 4.78 is 0. The van der Waals surface area contributed by atoms with Crippen molar-refractivity contribution in [3.8, 4) is 11.4 Å². The van der Waals surface area contributed by atoms with Crippen LogP contribution < -0.4 is 5.32 Å². The third kappa shape index (κ3) is 4.94. The molecule has 9 heteroatoms. The molecule has 2 aromatic heterocycles. The molecule has 3 aromatic rings. The molecule has 1 aromatic carbocycles. The van der Waals surface area contributed by atoms with Crippen molar-refractivity contribution in [2.75, 3.05) is 18.4 Å². The van der Waals surface area contributed by atoms with Gasteiger partial charge < -0.3 is 10.2 Å². The summed E-state index contributed by atoms with van der Waals surface area (Å²) in [7, 11) is 0. The van der Waals surface area contributed by atoms with Gasteiger partial charge in [-0.15, -0.1) is 0 Å². The molecule has 31 heavy (non-hydrogen) atoms. The first-order valence-electron chi connectivity index (χ1n) is 10.1. The Morgan fingerprint density at radius 1 is 1.13 bits per heavy atom. The van der Waals surface area contributed by atoms with Crippen molar-refractivity contribution in [1.82, 2.24) is 24.8 Å². The molecule has 0 saturated carbocycles. The van der Waals surface area contributed by atoms with E-state index in [0.29, 0.717) is 52.0 Å². The molecule has 1 fully saturated rings. The highest BCUT2D eigenvalue weighted by Crippen LogP contribution is 2.30. The van der Waals surface area contributed by atoms with E-state index in [0.717, 1.165) is 12.8 Å². The Kier molecular flexibility index (Phi) is 6.63. The molecule has 1 N–H and O–H groups in total. The monoisotopic (exact) mass is 456 g/mol. The molecule has 0 unspecified atom stereocenters. The number of carbonyl (C=O) groups excluding carboxylic acids is 1. The maximum Gasteiger partial charge on any atom is 0.254 e. The zero-order valence-corrected chi connectivity index (χ0v) is 18.5. The first kappa shape index (κ1) is 21.5. The van der Waals surface area contributed by atoms with Gasteiger partial charge >= 0.3 is 0 Å². The minimum absolute atomic E-state index is 0.0132. The van der Waals surface area contributed by atoms with E-state index in [2.05, 4.69) is 32.2 Å². The largest absolute Gasteiger partial charge is 0.352 e. The normalized spacial score (nSPS) is 18.6. The molecule has 1 amide bonds. The van der Waals surface area contributed by atoms with Gasteiger partial charge in [0.15, 0.2) is 5.82 Å². The zero-order chi connectivity index (χ0) is 21.8. The molecule has 2 atom stereocenters. The van der Waals surface area contributed by atoms with Crippen LogP contribution in [0.15, 0.2) is 49.1 Å². The quantitative estimate of drug-likeness (QED) is 0.603. The van der Waals surface area contributed by atoms with Crippen LogP contribution >= 0.6 is 23.2 Å². The Labute approximate surface area is 190 Å². The van der Waals surface area contributed by atoms with Crippen LogP contribution in [0, 0.1) is 5.92 Å². The highest BCUT2D eigenvalue weighted by Gasteiger charge is 2.33. The maximum absolute atomic E-state index is 13.7. The minimum atomic E-state index is -0.0607. The zero-order valence-electron chi connectivity index (χ0n) is 17.0. The van der Waals surface area contributed by atoms with Gasteiger partial charge in [-0.25, -0.2) is 19.9 Å². The summed E-state index contributed by atoms with van der Waals surface area (Å²) in [5.74, 6) is 1.22. The van der Waals surface area contributed by atoms with Crippen LogP contribution in [-0.4, -0.2) is 49.9 Å². The molecular formula is C22H22Cl2N6O. The van der Waals surface area contributed by atoms with Gasteiger partial charge in [-0.3, -0.25) is 4.79 Å². The average Bonchev–Trinajstić information content (AvgIpc) is 2.79. The second kappa shape index (κ2) is 9.58. The van der Waals surface area contributed by atoms with Crippen molar-refractivity contribution in [3.05, 3.63) is 64.7 Å². The Morgan fingerprint density at radius 2 is 1.87 bits per heavy atom. The molecule has 1 aliphatic rings. The van der Waals surface area contributed by atoms with Gasteiger partial charge in [0.05, 0.1) is 29.0 Å². The van der Waals surface area contributed by atoms with E-state index in [1.807, 2.05) is 4.90 Å². The first-order chi connectivity index (χ1) is 15.0. The van der Waals surface area contributed by atoms with Crippen molar-refractivity contribution in [3.63, 3.8) is 0 Å². The number of nitrogens with one attached hydrogen (secondary N) is 1. The lowest BCUT2D eigenvalue weighted by Crippen LogP contribution is -2.51. The number of piperidine rings is 1. The molecule has 4 rings (SSSR count). The van der Waals surface area contributed by atoms with Crippen LogP contribution in [0.4, 0.5) is 5.95 Å². The number of hydrogen-bond donors (Lipinski definition) is 1. The van der Waals surface area contributed by atoms with E-state index in [-0.39, 0.29) is 11.9 Å². The lowest BCUT2D eigenvalue weighted by atomic mass is 9.89.